The van der Waals surface area contributed by atoms with Gasteiger partial charge in [0.05, 0.1) is 0 Å². The first kappa shape index (κ1) is 9.85. The Morgan fingerprint density at radius 1 is 1.17 bits per heavy atom. The summed E-state index contributed by atoms with van der Waals surface area (Å²) >= 11 is 0. The van der Waals surface area contributed by atoms with Crippen LogP contribution >= 0.6 is 0 Å². The third kappa shape index (κ3) is 8.83. The Morgan fingerprint density at radius 3 is 1.50 bits per heavy atom. The van der Waals surface area contributed by atoms with Crippen LogP contribution in [0.3, 0.4) is 0 Å². The Kier molecular flexibility index (Phi) is 15.1. The van der Waals surface area contributed by atoms with Crippen LogP contribution in [0.1, 0.15) is 13.8 Å². The second-order valence-electron chi connectivity index (χ2n) is 0.957. The van der Waals surface area contributed by atoms with Crippen LogP contribution in [0.2, 0.25) is 0 Å². The molecule has 0 atom stereocenters. The van der Waals surface area contributed by atoms with Gasteiger partial charge in [0, 0.05) is 22.4 Å². The second kappa shape index (κ2) is 9.20. The van der Waals surface area contributed by atoms with E-state index in [1.54, 1.807) is 0 Å². The standard InChI is InChI=1S/C4H11N.Ag/c1-3-5-4-2;/h5H,3-4H2,1-2H3;. The first-order valence-electron chi connectivity index (χ1n) is 2.12. The number of rotatable bonds is 2. The Labute approximate surface area is 55.0 Å². The fraction of sp³-hybridized carbons (Fsp3) is 1.00. The van der Waals surface area contributed by atoms with E-state index >= 15 is 0 Å². The molecule has 0 rings (SSSR count). The van der Waals surface area contributed by atoms with Crippen molar-refractivity contribution in [2.24, 2.45) is 0 Å². The summed E-state index contributed by atoms with van der Waals surface area (Å²) in [5.41, 5.74) is 0. The van der Waals surface area contributed by atoms with Gasteiger partial charge >= 0.3 is 0 Å². The van der Waals surface area contributed by atoms with E-state index in [0.717, 1.165) is 13.1 Å². The van der Waals surface area contributed by atoms with E-state index in [9.17, 15) is 0 Å². The van der Waals surface area contributed by atoms with Crippen LogP contribution in [0, 0.1) is 0 Å². The summed E-state index contributed by atoms with van der Waals surface area (Å²) in [5.74, 6) is 0. The minimum atomic E-state index is 0. The Bertz CT molecular complexity index is 15.0. The summed E-state index contributed by atoms with van der Waals surface area (Å²) < 4.78 is 0. The van der Waals surface area contributed by atoms with Crippen LogP contribution in [0.25, 0.3) is 0 Å². The van der Waals surface area contributed by atoms with Crippen LogP contribution in [-0.2, 0) is 22.4 Å². The zero-order chi connectivity index (χ0) is 4.12. The molecule has 0 saturated carbocycles. The van der Waals surface area contributed by atoms with Gasteiger partial charge in [-0.3, -0.25) is 0 Å². The van der Waals surface area contributed by atoms with Crippen molar-refractivity contribution in [1.82, 2.24) is 5.32 Å². The molecule has 0 aliphatic heterocycles. The van der Waals surface area contributed by atoms with Crippen LogP contribution in [-0.4, -0.2) is 13.1 Å². The minimum Gasteiger partial charge on any atom is -0.317 e. The van der Waals surface area contributed by atoms with E-state index in [2.05, 4.69) is 19.2 Å². The number of nitrogens with one attached hydrogen (secondary N) is 1. The van der Waals surface area contributed by atoms with Crippen molar-refractivity contribution in [2.45, 2.75) is 13.8 Å². The molecule has 0 aliphatic carbocycles. The molecule has 1 N–H and O–H groups in total. The van der Waals surface area contributed by atoms with E-state index in [1.807, 2.05) is 0 Å². The molecule has 2 heteroatoms. The van der Waals surface area contributed by atoms with Crippen LogP contribution in [0.15, 0.2) is 0 Å². The van der Waals surface area contributed by atoms with Crippen molar-refractivity contribution in [3.63, 3.8) is 0 Å². The quantitative estimate of drug-likeness (QED) is 0.615. The Morgan fingerprint density at radius 2 is 1.50 bits per heavy atom. The third-order valence-electron chi connectivity index (χ3n) is 0.500. The third-order valence-corrected chi connectivity index (χ3v) is 0.500. The normalized spacial score (nSPS) is 7.00. The average Bonchev–Trinajstić information content (AvgIpc) is 1.41. The predicted molar refractivity (Wildman–Crippen MR) is 24.2 cm³/mol. The Hall–Kier alpha value is 0.700. The molecule has 0 aromatic heterocycles. The van der Waals surface area contributed by atoms with Gasteiger partial charge in [-0.25, -0.2) is 0 Å². The van der Waals surface area contributed by atoms with Crippen molar-refractivity contribution >= 4 is 0 Å². The average molecular weight is 181 g/mol. The van der Waals surface area contributed by atoms with E-state index in [4.69, 9.17) is 0 Å². The predicted octanol–water partition coefficient (Wildman–Crippen LogP) is 0.613. The first-order valence-corrected chi connectivity index (χ1v) is 2.12. The van der Waals surface area contributed by atoms with Crippen molar-refractivity contribution in [2.75, 3.05) is 13.1 Å². The molecule has 0 heterocycles. The molecule has 1 nitrogen and oxygen atoms in total. The molecule has 0 fully saturated rings. The van der Waals surface area contributed by atoms with E-state index in [-0.39, 0.29) is 22.4 Å². The fourth-order valence-electron chi connectivity index (χ4n) is 0.250. The van der Waals surface area contributed by atoms with Crippen molar-refractivity contribution in [3.8, 4) is 0 Å². The topological polar surface area (TPSA) is 12.0 Å². The molecule has 0 spiro atoms. The summed E-state index contributed by atoms with van der Waals surface area (Å²) in [4.78, 5) is 0. The minimum absolute atomic E-state index is 0. The van der Waals surface area contributed by atoms with Gasteiger partial charge in [-0.15, -0.1) is 0 Å². The fourth-order valence-corrected chi connectivity index (χ4v) is 0.250. The number of hydrogen-bond acceptors (Lipinski definition) is 1. The van der Waals surface area contributed by atoms with Gasteiger partial charge in [0.25, 0.3) is 0 Å². The summed E-state index contributed by atoms with van der Waals surface area (Å²) in [6.07, 6.45) is 0. The molecule has 0 amide bonds. The van der Waals surface area contributed by atoms with Gasteiger partial charge < -0.3 is 5.32 Å². The second-order valence-corrected chi connectivity index (χ2v) is 0.957. The van der Waals surface area contributed by atoms with E-state index in [1.165, 1.54) is 0 Å². The van der Waals surface area contributed by atoms with Crippen LogP contribution in [0.5, 0.6) is 0 Å². The Balaban J connectivity index is 0. The molecule has 0 bridgehead atoms. The van der Waals surface area contributed by atoms with Gasteiger partial charge in [-0.05, 0) is 13.1 Å². The molecule has 0 saturated heterocycles. The van der Waals surface area contributed by atoms with Gasteiger partial charge in [0.15, 0.2) is 0 Å². The molecule has 0 aromatic carbocycles. The van der Waals surface area contributed by atoms with Gasteiger partial charge in [-0.2, -0.15) is 0 Å². The molecule has 0 aliphatic rings. The first-order chi connectivity index (χ1) is 2.41. The van der Waals surface area contributed by atoms with Crippen LogP contribution < -0.4 is 5.32 Å². The van der Waals surface area contributed by atoms with Gasteiger partial charge in [-0.1, -0.05) is 13.8 Å². The maximum atomic E-state index is 3.11. The summed E-state index contributed by atoms with van der Waals surface area (Å²) in [5, 5.41) is 3.11. The maximum Gasteiger partial charge on any atom is 0 e. The molecular weight excluding hydrogens is 170 g/mol. The SMILES string of the molecule is CCNCC.[Ag]. The van der Waals surface area contributed by atoms with Crippen molar-refractivity contribution in [3.05, 3.63) is 0 Å². The number of hydrogen-bond donors (Lipinski definition) is 1. The molecule has 6 heavy (non-hydrogen) atoms. The van der Waals surface area contributed by atoms with Crippen molar-refractivity contribution < 1.29 is 22.4 Å². The molecule has 0 aromatic rings. The largest absolute Gasteiger partial charge is 0.317 e. The monoisotopic (exact) mass is 180 g/mol. The molecule has 0 unspecified atom stereocenters. The molecule has 1 radical (unpaired) electrons. The van der Waals surface area contributed by atoms with E-state index < -0.39 is 0 Å². The summed E-state index contributed by atoms with van der Waals surface area (Å²) in [7, 11) is 0. The van der Waals surface area contributed by atoms with E-state index in [0.29, 0.717) is 0 Å². The zero-order valence-electron chi connectivity index (χ0n) is 4.22. The smallest absolute Gasteiger partial charge is 0 e. The maximum absolute atomic E-state index is 3.11. The van der Waals surface area contributed by atoms with Gasteiger partial charge in [0.1, 0.15) is 0 Å². The molecule has 43 valence electrons. The van der Waals surface area contributed by atoms with Crippen molar-refractivity contribution in [1.29, 1.82) is 0 Å². The zero-order valence-corrected chi connectivity index (χ0v) is 5.70. The molecular formula is C4H11AgN. The van der Waals surface area contributed by atoms with Crippen LogP contribution in [0.4, 0.5) is 0 Å². The van der Waals surface area contributed by atoms with Gasteiger partial charge in [0.2, 0.25) is 0 Å². The summed E-state index contributed by atoms with van der Waals surface area (Å²) in [6, 6.07) is 0. The summed E-state index contributed by atoms with van der Waals surface area (Å²) in [6.45, 7) is 6.39.